The quantitative estimate of drug-likeness (QED) is 0.120. The van der Waals surface area contributed by atoms with E-state index in [4.69, 9.17) is 4.74 Å². The number of amides is 1. The molecule has 0 N–H and O–H groups in total. The number of alkyl halides is 3. The van der Waals surface area contributed by atoms with Crippen LogP contribution in [0.3, 0.4) is 0 Å². The maximum atomic E-state index is 14.1. The zero-order valence-corrected chi connectivity index (χ0v) is 26.0. The van der Waals surface area contributed by atoms with Gasteiger partial charge in [-0.25, -0.2) is 22.2 Å². The molecule has 15 heteroatoms. The Hall–Kier alpha value is -4.40. The summed E-state index contributed by atoms with van der Waals surface area (Å²) in [5.74, 6) is -13.2. The van der Waals surface area contributed by atoms with E-state index in [1.165, 1.54) is 29.2 Å². The van der Waals surface area contributed by atoms with Gasteiger partial charge in [-0.2, -0.15) is 22.0 Å². The minimum absolute atomic E-state index is 0.105. The predicted octanol–water partition coefficient (Wildman–Crippen LogP) is 8.69. The molecule has 1 aliphatic heterocycles. The van der Waals surface area contributed by atoms with Gasteiger partial charge in [-0.15, -0.1) is 0 Å². The minimum atomic E-state index is -4.64. The van der Waals surface area contributed by atoms with Crippen molar-refractivity contribution in [3.8, 4) is 16.9 Å². The maximum absolute atomic E-state index is 14.1. The summed E-state index contributed by atoms with van der Waals surface area (Å²) in [5, 5.41) is 0.484. The van der Waals surface area contributed by atoms with Gasteiger partial charge in [0.1, 0.15) is 5.60 Å². The number of carbonyl (C=O) groups excluding carboxylic acids is 1. The predicted molar refractivity (Wildman–Crippen MR) is 157 cm³/mol. The lowest BCUT2D eigenvalue weighted by Crippen LogP contribution is -2.39. The Balaban J connectivity index is 1.52. The first-order chi connectivity index (χ1) is 21.9. The molecule has 1 aromatic heterocycles. The highest BCUT2D eigenvalue weighted by atomic mass is 32.2. The summed E-state index contributed by atoms with van der Waals surface area (Å²) in [5.41, 5.74) is 0.509. The Kier molecular flexibility index (Phi) is 8.90. The molecule has 3 aromatic carbocycles. The number of hydrogen-bond donors (Lipinski definition) is 0. The number of ether oxygens (including phenoxy) is 1. The summed E-state index contributed by atoms with van der Waals surface area (Å²) < 4.78 is 135. The fourth-order valence-electron chi connectivity index (χ4n) is 5.09. The van der Waals surface area contributed by atoms with Gasteiger partial charge in [0.2, 0.25) is 45.9 Å². The molecular formula is C32H26F8N2O4S. The molecule has 1 unspecified atom stereocenters. The van der Waals surface area contributed by atoms with E-state index in [2.05, 4.69) is 4.18 Å². The third-order valence-electron chi connectivity index (χ3n) is 7.33. The van der Waals surface area contributed by atoms with Gasteiger partial charge in [-0.05, 0) is 68.2 Å². The van der Waals surface area contributed by atoms with Crippen LogP contribution in [0.15, 0.2) is 53.6 Å². The largest absolute Gasteiger partial charge is 0.444 e. The minimum Gasteiger partial charge on any atom is -0.444 e. The van der Waals surface area contributed by atoms with Crippen molar-refractivity contribution in [1.29, 1.82) is 0 Å². The van der Waals surface area contributed by atoms with Gasteiger partial charge in [0.15, 0.2) is 0 Å². The number of carbonyl (C=O) groups is 1. The summed E-state index contributed by atoms with van der Waals surface area (Å²) in [4.78, 5) is 13.8. The van der Waals surface area contributed by atoms with Crippen molar-refractivity contribution in [3.63, 3.8) is 0 Å². The van der Waals surface area contributed by atoms with E-state index in [0.717, 1.165) is 12.1 Å². The molecule has 0 saturated carbocycles. The van der Waals surface area contributed by atoms with Crippen LogP contribution >= 0.6 is 0 Å². The zero-order valence-electron chi connectivity index (χ0n) is 25.2. The van der Waals surface area contributed by atoms with Gasteiger partial charge in [0, 0.05) is 42.8 Å². The van der Waals surface area contributed by atoms with Gasteiger partial charge < -0.3 is 18.4 Å². The Morgan fingerprint density at radius 2 is 1.49 bits per heavy atom. The number of benzene rings is 3. The molecule has 1 atom stereocenters. The van der Waals surface area contributed by atoms with E-state index in [0.29, 0.717) is 27.6 Å². The second-order valence-electron chi connectivity index (χ2n) is 11.7. The fraction of sp³-hybridized carbons (Fsp3) is 0.281. The molecule has 250 valence electrons. The van der Waals surface area contributed by atoms with Crippen molar-refractivity contribution in [3.05, 3.63) is 88.9 Å². The second-order valence-corrected chi connectivity index (χ2v) is 12.8. The van der Waals surface area contributed by atoms with Crippen LogP contribution in [0.1, 0.15) is 38.3 Å². The Labute approximate surface area is 265 Å². The van der Waals surface area contributed by atoms with Crippen LogP contribution in [0, 0.1) is 29.1 Å². The lowest BCUT2D eigenvalue weighted by atomic mass is 9.89. The Morgan fingerprint density at radius 3 is 2.06 bits per heavy atom. The van der Waals surface area contributed by atoms with Gasteiger partial charge >= 0.3 is 12.3 Å². The van der Waals surface area contributed by atoms with Crippen molar-refractivity contribution in [2.75, 3.05) is 13.1 Å². The molecule has 0 bridgehead atoms. The third kappa shape index (κ3) is 6.71. The lowest BCUT2D eigenvalue weighted by molar-refractivity contribution is -0.137. The molecule has 6 nitrogen and oxygen atoms in total. The molecule has 4 aromatic rings. The Bertz CT molecular complexity index is 1930. The van der Waals surface area contributed by atoms with Crippen LogP contribution in [0.5, 0.6) is 5.75 Å². The summed E-state index contributed by atoms with van der Waals surface area (Å²) in [6.45, 7) is 5.46. The maximum Gasteiger partial charge on any atom is 0.416 e. The first-order valence-corrected chi connectivity index (χ1v) is 15.0. The zero-order chi connectivity index (χ0) is 34.6. The summed E-state index contributed by atoms with van der Waals surface area (Å²) >= 11 is -2.74. The normalized spacial score (nSPS) is 14.7. The first-order valence-electron chi connectivity index (χ1n) is 14.0. The van der Waals surface area contributed by atoms with Crippen LogP contribution < -0.4 is 4.18 Å². The number of aromatic nitrogens is 1. The van der Waals surface area contributed by atoms with Crippen molar-refractivity contribution in [2.45, 2.75) is 43.9 Å². The van der Waals surface area contributed by atoms with Crippen molar-refractivity contribution < 1.29 is 53.0 Å². The van der Waals surface area contributed by atoms with E-state index in [9.17, 15) is 44.1 Å². The van der Waals surface area contributed by atoms with Crippen LogP contribution in [-0.4, -0.2) is 38.5 Å². The smallest absolute Gasteiger partial charge is 0.416 e. The fourth-order valence-corrected chi connectivity index (χ4v) is 5.87. The topological polar surface area (TPSA) is 60.8 Å². The lowest BCUT2D eigenvalue weighted by Gasteiger charge is -2.30. The van der Waals surface area contributed by atoms with Crippen molar-refractivity contribution in [1.82, 2.24) is 9.47 Å². The first kappa shape index (κ1) is 33.9. The number of aryl methyl sites for hydroxylation is 1. The summed E-state index contributed by atoms with van der Waals surface area (Å²) in [7, 11) is 1.59. The summed E-state index contributed by atoms with van der Waals surface area (Å²) in [6.07, 6.45) is -1.68. The van der Waals surface area contributed by atoms with Gasteiger partial charge in [0.05, 0.1) is 10.5 Å². The van der Waals surface area contributed by atoms with Crippen molar-refractivity contribution in [2.24, 2.45) is 7.05 Å². The molecule has 0 saturated heterocycles. The van der Waals surface area contributed by atoms with E-state index < -0.39 is 69.4 Å². The van der Waals surface area contributed by atoms with Crippen LogP contribution in [0.25, 0.3) is 27.6 Å². The second kappa shape index (κ2) is 12.3. The van der Waals surface area contributed by atoms with Crippen molar-refractivity contribution >= 4 is 33.6 Å². The third-order valence-corrected chi connectivity index (χ3v) is 8.28. The molecule has 1 amide bonds. The van der Waals surface area contributed by atoms with E-state index in [1.807, 2.05) is 0 Å². The van der Waals surface area contributed by atoms with Gasteiger partial charge in [0.25, 0.3) is 0 Å². The van der Waals surface area contributed by atoms with Crippen LogP contribution in [0.4, 0.5) is 39.9 Å². The molecule has 2 heterocycles. The molecular weight excluding hydrogens is 660 g/mol. The number of nitrogens with zero attached hydrogens (tertiary/aromatic N) is 2. The molecule has 1 aliphatic rings. The summed E-state index contributed by atoms with van der Waals surface area (Å²) in [6, 6.07) is 7.27. The number of halogens is 8. The molecule has 5 rings (SSSR count). The van der Waals surface area contributed by atoms with Crippen LogP contribution in [0.2, 0.25) is 0 Å². The molecule has 0 aliphatic carbocycles. The number of fused-ring (bicyclic) bond motifs is 1. The van der Waals surface area contributed by atoms with Gasteiger partial charge in [-0.3, -0.25) is 0 Å². The Morgan fingerprint density at radius 1 is 0.851 bits per heavy atom. The highest BCUT2D eigenvalue weighted by Gasteiger charge is 2.33. The number of rotatable bonds is 5. The average Bonchev–Trinajstić information content (AvgIpc) is 3.34. The molecule has 0 radical (unpaired) electrons. The highest BCUT2D eigenvalue weighted by Crippen LogP contribution is 2.41. The average molecular weight is 687 g/mol. The molecule has 0 fully saturated rings. The monoisotopic (exact) mass is 686 g/mol. The number of hydrogen-bond acceptors (Lipinski definition) is 4. The SMILES string of the molecule is Cn1cc(-c2ccc(C(F)(F)F)cc2C2=CCN(C(=O)OC(C)(C)C)CC2)c2ccc(S(=O)Oc3c(F)c(F)c(F)c(F)c3F)cc21. The van der Waals surface area contributed by atoms with Gasteiger partial charge in [-0.1, -0.05) is 18.2 Å². The molecule has 0 spiro atoms. The molecule has 47 heavy (non-hydrogen) atoms. The van der Waals surface area contributed by atoms with E-state index in [-0.39, 0.29) is 30.0 Å². The highest BCUT2D eigenvalue weighted by molar-refractivity contribution is 7.80. The standard InChI is InChI=1S/C32H26F8N2O4S/c1-31(2,3)45-30(43)42-11-9-16(10-12-42)21-13-17(32(38,39)40)5-7-19(21)22-15-41(4)23-14-18(6-8-20(22)23)47(44)46-29-27(36)25(34)24(33)26(35)28(29)37/h5-9,13-15H,10-12H2,1-4H3. The van der Waals surface area contributed by atoms with Crippen LogP contribution in [-0.2, 0) is 29.0 Å². The van der Waals surface area contributed by atoms with E-state index >= 15 is 0 Å². The van der Waals surface area contributed by atoms with E-state index in [1.54, 1.807) is 44.7 Å².